The molecule has 0 aliphatic heterocycles. The molecule has 0 heterocycles. The molecule has 0 bridgehead atoms. The van der Waals surface area contributed by atoms with Crippen molar-refractivity contribution in [3.63, 3.8) is 0 Å². The van der Waals surface area contributed by atoms with Crippen LogP contribution in [0.5, 0.6) is 0 Å². The minimum atomic E-state index is -1.32. The molecule has 0 rings (SSSR count). The Hall–Kier alpha value is -1.32. The minimum absolute atomic E-state index is 0.0645. The highest BCUT2D eigenvalue weighted by Crippen LogP contribution is 2.16. The third-order valence-electron chi connectivity index (χ3n) is 1.54. The zero-order chi connectivity index (χ0) is 10.4. The molecule has 74 valence electrons. The number of hydrogen-bond acceptors (Lipinski definition) is 2. The molecule has 0 aromatic heterocycles. The molecule has 0 saturated heterocycles. The van der Waals surface area contributed by atoms with Crippen LogP contribution in [0.1, 0.15) is 26.7 Å². The number of carboxylic acid groups (broad SMARTS) is 1. The van der Waals surface area contributed by atoms with Crippen LogP contribution in [0, 0.1) is 0 Å². The third kappa shape index (κ3) is 3.27. The van der Waals surface area contributed by atoms with E-state index < -0.39 is 17.4 Å². The first-order chi connectivity index (χ1) is 6.04. The average Bonchev–Trinajstić information content (AvgIpc) is 2.04. The van der Waals surface area contributed by atoms with Gasteiger partial charge in [0.2, 0.25) is 0 Å². The van der Waals surface area contributed by atoms with Gasteiger partial charge in [-0.2, -0.15) is 0 Å². The highest BCUT2D eigenvalue weighted by Gasteiger charge is 2.16. The molecular weight excluding hydrogens is 173 g/mol. The van der Waals surface area contributed by atoms with Gasteiger partial charge in [0.15, 0.2) is 0 Å². The van der Waals surface area contributed by atoms with Gasteiger partial charge < -0.3 is 10.8 Å². The van der Waals surface area contributed by atoms with Gasteiger partial charge in [-0.15, -0.1) is 0 Å². The second kappa shape index (κ2) is 5.35. The van der Waals surface area contributed by atoms with E-state index in [1.54, 1.807) is 13.8 Å². The molecule has 3 N–H and O–H groups in total. The van der Waals surface area contributed by atoms with Crippen molar-refractivity contribution in [2.45, 2.75) is 26.7 Å². The maximum absolute atomic E-state index is 13.1. The van der Waals surface area contributed by atoms with Crippen molar-refractivity contribution < 1.29 is 14.3 Å². The van der Waals surface area contributed by atoms with Gasteiger partial charge >= 0.3 is 5.97 Å². The van der Waals surface area contributed by atoms with E-state index in [4.69, 9.17) is 10.8 Å². The van der Waals surface area contributed by atoms with Crippen LogP contribution in [0.25, 0.3) is 0 Å². The van der Waals surface area contributed by atoms with Crippen LogP contribution >= 0.6 is 0 Å². The summed E-state index contributed by atoms with van der Waals surface area (Å²) >= 11 is 0. The van der Waals surface area contributed by atoms with Gasteiger partial charge in [0.25, 0.3) is 0 Å². The molecule has 0 aromatic carbocycles. The third-order valence-corrected chi connectivity index (χ3v) is 1.54. The molecule has 0 aromatic rings. The highest BCUT2D eigenvalue weighted by molar-refractivity contribution is 5.91. The summed E-state index contributed by atoms with van der Waals surface area (Å²) in [5.74, 6) is -2.07. The molecule has 3 nitrogen and oxygen atoms in total. The fraction of sp³-hybridized carbons (Fsp3) is 0.444. The SMILES string of the molecule is CC/C=C(F)\C(C(=O)O)=C(\N)CC. The second-order valence-corrected chi connectivity index (χ2v) is 2.52. The molecule has 4 heteroatoms. The Morgan fingerprint density at radius 3 is 2.38 bits per heavy atom. The lowest BCUT2D eigenvalue weighted by Gasteiger charge is -2.03. The van der Waals surface area contributed by atoms with Gasteiger partial charge in [0.05, 0.1) is 0 Å². The minimum Gasteiger partial charge on any atom is -0.478 e. The average molecular weight is 187 g/mol. The monoisotopic (exact) mass is 187 g/mol. The van der Waals surface area contributed by atoms with Crippen LogP contribution in [0.15, 0.2) is 23.2 Å². The number of allylic oxidation sites excluding steroid dienone is 2. The number of hydrogen-bond donors (Lipinski definition) is 2. The second-order valence-electron chi connectivity index (χ2n) is 2.52. The van der Waals surface area contributed by atoms with Gasteiger partial charge in [-0.1, -0.05) is 13.8 Å². The molecule has 0 aliphatic carbocycles. The van der Waals surface area contributed by atoms with Crippen molar-refractivity contribution in [2.24, 2.45) is 5.73 Å². The number of nitrogens with two attached hydrogens (primary N) is 1. The summed E-state index contributed by atoms with van der Waals surface area (Å²) in [6, 6.07) is 0. The van der Waals surface area contributed by atoms with Crippen LogP contribution in [0.4, 0.5) is 4.39 Å². The lowest BCUT2D eigenvalue weighted by atomic mass is 10.1. The lowest BCUT2D eigenvalue weighted by molar-refractivity contribution is -0.132. The van der Waals surface area contributed by atoms with Crippen LogP contribution in [-0.2, 0) is 4.79 Å². The molecule has 0 atom stereocenters. The van der Waals surface area contributed by atoms with Crippen LogP contribution < -0.4 is 5.73 Å². The fourth-order valence-corrected chi connectivity index (χ4v) is 0.851. The Kier molecular flexibility index (Phi) is 4.80. The summed E-state index contributed by atoms with van der Waals surface area (Å²) in [6.45, 7) is 3.40. The van der Waals surface area contributed by atoms with E-state index in [0.29, 0.717) is 12.8 Å². The summed E-state index contributed by atoms with van der Waals surface area (Å²) in [5, 5.41) is 8.65. The van der Waals surface area contributed by atoms with Gasteiger partial charge in [-0.3, -0.25) is 0 Å². The molecule has 0 unspecified atom stereocenters. The van der Waals surface area contributed by atoms with E-state index in [2.05, 4.69) is 0 Å². The van der Waals surface area contributed by atoms with Crippen LogP contribution in [0.2, 0.25) is 0 Å². The molecule has 0 amide bonds. The Balaban J connectivity index is 5.05. The fourth-order valence-electron chi connectivity index (χ4n) is 0.851. The molecule has 0 aliphatic rings. The van der Waals surface area contributed by atoms with Crippen molar-refractivity contribution in [3.8, 4) is 0 Å². The smallest absolute Gasteiger partial charge is 0.340 e. The van der Waals surface area contributed by atoms with E-state index in [1.165, 1.54) is 6.08 Å². The Bertz CT molecular complexity index is 256. The number of carboxylic acids is 1. The van der Waals surface area contributed by atoms with E-state index in [1.807, 2.05) is 0 Å². The Morgan fingerprint density at radius 2 is 2.08 bits per heavy atom. The number of halogens is 1. The standard InChI is InChI=1S/C9H14FNO2/c1-3-5-6(10)8(9(12)13)7(11)4-2/h5H,3-4,11H2,1-2H3,(H,12,13)/b6-5+,8-7-. The topological polar surface area (TPSA) is 63.3 Å². The Morgan fingerprint density at radius 1 is 1.54 bits per heavy atom. The number of aliphatic carboxylic acids is 1. The maximum atomic E-state index is 13.1. The number of rotatable bonds is 4. The number of carbonyl (C=O) groups is 1. The molecule has 0 radical (unpaired) electrons. The first kappa shape index (κ1) is 11.7. The molecular formula is C9H14FNO2. The first-order valence-corrected chi connectivity index (χ1v) is 4.12. The lowest BCUT2D eigenvalue weighted by Crippen LogP contribution is -2.10. The van der Waals surface area contributed by atoms with Gasteiger partial charge in [-0.25, -0.2) is 9.18 Å². The summed E-state index contributed by atoms with van der Waals surface area (Å²) < 4.78 is 13.1. The normalized spacial score (nSPS) is 13.9. The van der Waals surface area contributed by atoms with Crippen LogP contribution in [-0.4, -0.2) is 11.1 Å². The quantitative estimate of drug-likeness (QED) is 0.522. The van der Waals surface area contributed by atoms with Crippen LogP contribution in [0.3, 0.4) is 0 Å². The van der Waals surface area contributed by atoms with E-state index in [0.717, 1.165) is 0 Å². The van der Waals surface area contributed by atoms with E-state index >= 15 is 0 Å². The summed E-state index contributed by atoms with van der Waals surface area (Å²) in [4.78, 5) is 10.6. The van der Waals surface area contributed by atoms with Crippen molar-refractivity contribution in [1.82, 2.24) is 0 Å². The predicted molar refractivity (Wildman–Crippen MR) is 48.6 cm³/mol. The van der Waals surface area contributed by atoms with Crippen molar-refractivity contribution >= 4 is 5.97 Å². The molecule has 13 heavy (non-hydrogen) atoms. The van der Waals surface area contributed by atoms with E-state index in [-0.39, 0.29) is 5.70 Å². The summed E-state index contributed by atoms with van der Waals surface area (Å²) in [7, 11) is 0. The zero-order valence-electron chi connectivity index (χ0n) is 7.80. The molecule has 0 spiro atoms. The molecule has 0 saturated carbocycles. The summed E-state index contributed by atoms with van der Waals surface area (Å²) in [6.07, 6.45) is 1.97. The van der Waals surface area contributed by atoms with E-state index in [9.17, 15) is 9.18 Å². The van der Waals surface area contributed by atoms with Crippen molar-refractivity contribution in [2.75, 3.05) is 0 Å². The molecule has 0 fully saturated rings. The van der Waals surface area contributed by atoms with Crippen molar-refractivity contribution in [3.05, 3.63) is 23.2 Å². The van der Waals surface area contributed by atoms with Gasteiger partial charge in [0, 0.05) is 5.70 Å². The summed E-state index contributed by atoms with van der Waals surface area (Å²) in [5.41, 5.74) is 5.02. The zero-order valence-corrected chi connectivity index (χ0v) is 7.80. The first-order valence-electron chi connectivity index (χ1n) is 4.12. The van der Waals surface area contributed by atoms with Gasteiger partial charge in [0.1, 0.15) is 11.4 Å². The maximum Gasteiger partial charge on any atom is 0.340 e. The van der Waals surface area contributed by atoms with Gasteiger partial charge in [-0.05, 0) is 18.9 Å². The largest absolute Gasteiger partial charge is 0.478 e. The highest BCUT2D eigenvalue weighted by atomic mass is 19.1. The predicted octanol–water partition coefficient (Wildman–Crippen LogP) is 1.96. The van der Waals surface area contributed by atoms with Crippen molar-refractivity contribution in [1.29, 1.82) is 0 Å². The Labute approximate surface area is 76.7 Å².